The van der Waals surface area contributed by atoms with Crippen LogP contribution in [0.15, 0.2) is 28.3 Å². The third-order valence-electron chi connectivity index (χ3n) is 1.31. The smallest absolute Gasteiger partial charge is 0.150 e. The van der Waals surface area contributed by atoms with E-state index in [1.807, 2.05) is 6.92 Å². The monoisotopic (exact) mass is 157 g/mol. The molecule has 0 N–H and O–H groups in total. The summed E-state index contributed by atoms with van der Waals surface area (Å²) in [4.78, 5) is 9.88. The molecule has 0 aromatic carbocycles. The molecule has 62 valence electrons. The van der Waals surface area contributed by atoms with Crippen molar-refractivity contribution in [2.45, 2.75) is 27.2 Å². The van der Waals surface area contributed by atoms with Crippen molar-refractivity contribution in [3.63, 3.8) is 0 Å². The zero-order valence-corrected chi connectivity index (χ0v) is 7.02. The molecule has 0 unspecified atom stereocenters. The van der Waals surface area contributed by atoms with Gasteiger partial charge in [-0.05, 0) is 31.0 Å². The van der Waals surface area contributed by atoms with E-state index < -0.39 is 5.83 Å². The van der Waals surface area contributed by atoms with Crippen molar-refractivity contribution >= 4 is 0 Å². The maximum Gasteiger partial charge on any atom is 0.150 e. The van der Waals surface area contributed by atoms with Gasteiger partial charge in [-0.15, -0.1) is 4.91 Å². The molecule has 0 amide bonds. The van der Waals surface area contributed by atoms with E-state index in [9.17, 15) is 9.30 Å². The first-order valence-corrected chi connectivity index (χ1v) is 3.50. The maximum atomic E-state index is 12.9. The summed E-state index contributed by atoms with van der Waals surface area (Å²) in [7, 11) is 0. The van der Waals surface area contributed by atoms with Crippen LogP contribution in [0.1, 0.15) is 27.2 Å². The van der Waals surface area contributed by atoms with E-state index in [1.165, 1.54) is 6.92 Å². The van der Waals surface area contributed by atoms with Gasteiger partial charge < -0.3 is 0 Å². The summed E-state index contributed by atoms with van der Waals surface area (Å²) >= 11 is 0. The van der Waals surface area contributed by atoms with Crippen LogP contribution in [-0.2, 0) is 0 Å². The third-order valence-corrected chi connectivity index (χ3v) is 1.31. The van der Waals surface area contributed by atoms with Crippen molar-refractivity contribution in [1.82, 2.24) is 0 Å². The number of hydrogen-bond donors (Lipinski definition) is 0. The quantitative estimate of drug-likeness (QED) is 0.456. The van der Waals surface area contributed by atoms with Crippen molar-refractivity contribution in [3.05, 3.63) is 28.1 Å². The molecule has 0 bridgehead atoms. The van der Waals surface area contributed by atoms with Gasteiger partial charge in [-0.1, -0.05) is 13.0 Å². The van der Waals surface area contributed by atoms with Gasteiger partial charge in [0.05, 0.1) is 0 Å². The topological polar surface area (TPSA) is 29.4 Å². The number of rotatable bonds is 3. The van der Waals surface area contributed by atoms with E-state index in [-0.39, 0.29) is 5.70 Å². The van der Waals surface area contributed by atoms with E-state index in [1.54, 1.807) is 13.0 Å². The molecular weight excluding hydrogens is 145 g/mol. The molecule has 3 heteroatoms. The molecule has 0 aliphatic rings. The van der Waals surface area contributed by atoms with Crippen LogP contribution in [0.5, 0.6) is 0 Å². The van der Waals surface area contributed by atoms with Gasteiger partial charge in [0.1, 0.15) is 11.5 Å². The van der Waals surface area contributed by atoms with E-state index in [0.717, 1.165) is 6.42 Å². The highest BCUT2D eigenvalue weighted by atomic mass is 19.1. The standard InChI is InChI=1S/C8H12FNO/c1-4-5-6(2)8(9)7(3)10-11/h5H,4H2,1-3H3/b6-5-,8-7-. The Kier molecular flexibility index (Phi) is 4.34. The molecule has 0 rings (SSSR count). The van der Waals surface area contributed by atoms with Crippen LogP contribution in [0.4, 0.5) is 4.39 Å². The highest BCUT2D eigenvalue weighted by Gasteiger charge is 2.02. The van der Waals surface area contributed by atoms with E-state index >= 15 is 0 Å². The summed E-state index contributed by atoms with van der Waals surface area (Å²) in [6, 6.07) is 0. The molecule has 0 saturated carbocycles. The van der Waals surface area contributed by atoms with Gasteiger partial charge >= 0.3 is 0 Å². The Hall–Kier alpha value is -0.990. The molecule has 0 spiro atoms. The lowest BCUT2D eigenvalue weighted by atomic mass is 10.2. The zero-order chi connectivity index (χ0) is 8.85. The van der Waals surface area contributed by atoms with Gasteiger partial charge in [0.15, 0.2) is 0 Å². The third kappa shape index (κ3) is 3.07. The molecule has 0 saturated heterocycles. The van der Waals surface area contributed by atoms with E-state index in [4.69, 9.17) is 0 Å². The van der Waals surface area contributed by atoms with Gasteiger partial charge in [-0.2, -0.15) is 0 Å². The molecule has 0 atom stereocenters. The van der Waals surface area contributed by atoms with Crippen LogP contribution in [0, 0.1) is 4.91 Å². The number of nitroso groups, excluding NO2 is 1. The Balaban J connectivity index is 4.59. The highest BCUT2D eigenvalue weighted by Crippen LogP contribution is 2.16. The molecule has 0 aromatic heterocycles. The molecule has 0 radical (unpaired) electrons. The van der Waals surface area contributed by atoms with Gasteiger partial charge in [0, 0.05) is 0 Å². The zero-order valence-electron chi connectivity index (χ0n) is 7.02. The maximum absolute atomic E-state index is 12.9. The number of allylic oxidation sites excluding steroid dienone is 4. The number of hydrogen-bond acceptors (Lipinski definition) is 2. The molecule has 0 aliphatic heterocycles. The first-order valence-electron chi connectivity index (χ1n) is 3.50. The van der Waals surface area contributed by atoms with Crippen LogP contribution < -0.4 is 0 Å². The van der Waals surface area contributed by atoms with Gasteiger partial charge in [-0.3, -0.25) is 0 Å². The second-order valence-corrected chi connectivity index (χ2v) is 2.29. The Morgan fingerprint density at radius 2 is 2.09 bits per heavy atom. The summed E-state index contributed by atoms with van der Waals surface area (Å²) in [5, 5.41) is 2.51. The summed E-state index contributed by atoms with van der Waals surface area (Å²) in [5.41, 5.74) is 0.386. The van der Waals surface area contributed by atoms with Crippen molar-refractivity contribution < 1.29 is 4.39 Å². The Morgan fingerprint density at radius 1 is 1.55 bits per heavy atom. The molecule has 11 heavy (non-hydrogen) atoms. The summed E-state index contributed by atoms with van der Waals surface area (Å²) in [5.74, 6) is -0.512. The fourth-order valence-electron chi connectivity index (χ4n) is 0.721. The Labute approximate surface area is 65.8 Å². The highest BCUT2D eigenvalue weighted by molar-refractivity contribution is 5.26. The average Bonchev–Trinajstić information content (AvgIpc) is 2.02. The minimum absolute atomic E-state index is 0.0906. The van der Waals surface area contributed by atoms with Crippen molar-refractivity contribution in [2.24, 2.45) is 5.18 Å². The second kappa shape index (κ2) is 4.77. The minimum Gasteiger partial charge on any atom is -0.205 e. The molecule has 0 aliphatic carbocycles. The first kappa shape index (κ1) is 10.0. The predicted molar refractivity (Wildman–Crippen MR) is 43.7 cm³/mol. The van der Waals surface area contributed by atoms with Crippen LogP contribution >= 0.6 is 0 Å². The lowest BCUT2D eigenvalue weighted by Crippen LogP contribution is -1.81. The molecule has 0 fully saturated rings. The summed E-state index contributed by atoms with van der Waals surface area (Å²) in [6.45, 7) is 4.88. The largest absolute Gasteiger partial charge is 0.205 e. The average molecular weight is 157 g/mol. The van der Waals surface area contributed by atoms with Crippen molar-refractivity contribution in [1.29, 1.82) is 0 Å². The fourth-order valence-corrected chi connectivity index (χ4v) is 0.721. The van der Waals surface area contributed by atoms with Crippen LogP contribution in [0.25, 0.3) is 0 Å². The Bertz CT molecular complexity index is 206. The van der Waals surface area contributed by atoms with Crippen LogP contribution in [-0.4, -0.2) is 0 Å². The lowest BCUT2D eigenvalue weighted by molar-refractivity contribution is 0.635. The van der Waals surface area contributed by atoms with E-state index in [0.29, 0.717) is 5.57 Å². The summed E-state index contributed by atoms with van der Waals surface area (Å²) < 4.78 is 12.9. The van der Waals surface area contributed by atoms with Gasteiger partial charge in [0.25, 0.3) is 0 Å². The van der Waals surface area contributed by atoms with Crippen LogP contribution in [0.3, 0.4) is 0 Å². The fraction of sp³-hybridized carbons (Fsp3) is 0.500. The molecule has 0 aromatic rings. The minimum atomic E-state index is -0.512. The normalized spacial score (nSPS) is 14.4. The van der Waals surface area contributed by atoms with E-state index in [2.05, 4.69) is 5.18 Å². The van der Waals surface area contributed by atoms with Crippen LogP contribution in [0.2, 0.25) is 0 Å². The SMILES string of the molecule is CC/C=C(C)\C(F)=C(/C)N=O. The summed E-state index contributed by atoms with van der Waals surface area (Å²) in [6.07, 6.45) is 2.47. The first-order chi connectivity index (χ1) is 5.13. The molecular formula is C8H12FNO. The predicted octanol–water partition coefficient (Wildman–Crippen LogP) is 3.31. The molecule has 0 heterocycles. The Morgan fingerprint density at radius 3 is 2.45 bits per heavy atom. The van der Waals surface area contributed by atoms with Crippen molar-refractivity contribution in [3.8, 4) is 0 Å². The number of halogens is 1. The van der Waals surface area contributed by atoms with Crippen molar-refractivity contribution in [2.75, 3.05) is 0 Å². The lowest BCUT2D eigenvalue weighted by Gasteiger charge is -1.96. The molecule has 2 nitrogen and oxygen atoms in total. The second-order valence-electron chi connectivity index (χ2n) is 2.29. The van der Waals surface area contributed by atoms with Gasteiger partial charge in [0.2, 0.25) is 0 Å². The van der Waals surface area contributed by atoms with Gasteiger partial charge in [-0.25, -0.2) is 4.39 Å². The number of nitrogens with zero attached hydrogens (tertiary/aromatic N) is 1.